The molecule has 2 atom stereocenters. The van der Waals surface area contributed by atoms with Crippen LogP contribution in [0.4, 0.5) is 9.18 Å². The summed E-state index contributed by atoms with van der Waals surface area (Å²) in [6.45, 7) is 2.07. The third-order valence-corrected chi connectivity index (χ3v) is 4.51. The molecule has 2 aliphatic rings. The van der Waals surface area contributed by atoms with Gasteiger partial charge in [0.2, 0.25) is 0 Å². The maximum absolute atomic E-state index is 14.1. The average Bonchev–Trinajstić information content (AvgIpc) is 3.03. The number of ether oxygens (including phenoxy) is 1. The fourth-order valence-corrected chi connectivity index (χ4v) is 3.49. The molecule has 6 heteroatoms. The van der Waals surface area contributed by atoms with Gasteiger partial charge in [0, 0.05) is 16.0 Å². The van der Waals surface area contributed by atoms with Gasteiger partial charge in [0.15, 0.2) is 0 Å². The van der Waals surface area contributed by atoms with Crippen molar-refractivity contribution in [1.82, 2.24) is 5.01 Å². The molecule has 0 N–H and O–H groups in total. The van der Waals surface area contributed by atoms with Crippen molar-refractivity contribution >= 4 is 27.7 Å². The second kappa shape index (κ2) is 5.75. The lowest BCUT2D eigenvalue weighted by molar-refractivity contribution is 0.0948. The second-order valence-corrected chi connectivity index (χ2v) is 6.17. The summed E-state index contributed by atoms with van der Waals surface area (Å²) < 4.78 is 20.0. The second-order valence-electron chi connectivity index (χ2n) is 5.26. The van der Waals surface area contributed by atoms with E-state index in [4.69, 9.17) is 4.74 Å². The highest BCUT2D eigenvalue weighted by Gasteiger charge is 2.44. The molecule has 1 fully saturated rings. The van der Waals surface area contributed by atoms with E-state index in [1.54, 1.807) is 19.1 Å². The minimum absolute atomic E-state index is 0.00238. The van der Waals surface area contributed by atoms with Gasteiger partial charge in [-0.2, -0.15) is 10.1 Å². The summed E-state index contributed by atoms with van der Waals surface area (Å²) in [6, 6.07) is 4.79. The molecule has 3 rings (SSSR count). The van der Waals surface area contributed by atoms with Crippen LogP contribution < -0.4 is 0 Å². The lowest BCUT2D eigenvalue weighted by atomic mass is 9.93. The fraction of sp³-hybridized carbons (Fsp3) is 0.467. The highest BCUT2D eigenvalue weighted by molar-refractivity contribution is 9.10. The molecular weight excluding hydrogens is 339 g/mol. The summed E-state index contributed by atoms with van der Waals surface area (Å²) >= 11 is 3.36. The van der Waals surface area contributed by atoms with Gasteiger partial charge in [-0.1, -0.05) is 22.4 Å². The summed E-state index contributed by atoms with van der Waals surface area (Å²) in [5.41, 5.74) is 1.12. The number of hydrogen-bond donors (Lipinski definition) is 0. The van der Waals surface area contributed by atoms with Gasteiger partial charge in [-0.3, -0.25) is 0 Å². The molecule has 0 bridgehead atoms. The standard InChI is InChI=1S/C15H16BrFN2O2/c1-2-21-15(20)19-13-5-3-4-10(13)14(18-19)11-8-9(16)6-7-12(11)17/h6-8,10,13H,2-5H2,1H3. The molecule has 0 aromatic heterocycles. The van der Waals surface area contributed by atoms with Crippen LogP contribution in [0.3, 0.4) is 0 Å². The maximum Gasteiger partial charge on any atom is 0.430 e. The van der Waals surface area contributed by atoms with E-state index in [2.05, 4.69) is 21.0 Å². The Morgan fingerprint density at radius 1 is 1.52 bits per heavy atom. The van der Waals surface area contributed by atoms with E-state index in [1.807, 2.05) is 0 Å². The first kappa shape index (κ1) is 14.5. The van der Waals surface area contributed by atoms with Gasteiger partial charge in [0.1, 0.15) is 5.82 Å². The lowest BCUT2D eigenvalue weighted by Gasteiger charge is -2.19. The van der Waals surface area contributed by atoms with Crippen LogP contribution in [0.2, 0.25) is 0 Å². The largest absolute Gasteiger partial charge is 0.448 e. The molecule has 21 heavy (non-hydrogen) atoms. The quantitative estimate of drug-likeness (QED) is 0.807. The first-order chi connectivity index (χ1) is 10.1. The Kier molecular flexibility index (Phi) is 3.97. The number of hydrogen-bond acceptors (Lipinski definition) is 3. The summed E-state index contributed by atoms with van der Waals surface area (Å²) in [6.07, 6.45) is 2.37. The van der Waals surface area contributed by atoms with E-state index in [0.717, 1.165) is 23.7 Å². The topological polar surface area (TPSA) is 41.9 Å². The number of fused-ring (bicyclic) bond motifs is 1. The third kappa shape index (κ3) is 2.57. The van der Waals surface area contributed by atoms with E-state index in [9.17, 15) is 9.18 Å². The van der Waals surface area contributed by atoms with Crippen LogP contribution in [0.5, 0.6) is 0 Å². The predicted octanol–water partition coefficient (Wildman–Crippen LogP) is 3.93. The Bertz CT molecular complexity index is 605. The van der Waals surface area contributed by atoms with Crippen LogP contribution in [0, 0.1) is 11.7 Å². The van der Waals surface area contributed by atoms with Crippen molar-refractivity contribution < 1.29 is 13.9 Å². The van der Waals surface area contributed by atoms with Crippen molar-refractivity contribution in [1.29, 1.82) is 0 Å². The van der Waals surface area contributed by atoms with Crippen molar-refractivity contribution in [3.63, 3.8) is 0 Å². The number of carbonyl (C=O) groups excluding carboxylic acids is 1. The SMILES string of the molecule is CCOC(=O)N1N=C(c2cc(Br)ccc2F)C2CCCC21. The molecule has 112 valence electrons. The van der Waals surface area contributed by atoms with Crippen LogP contribution in [0.25, 0.3) is 0 Å². The van der Waals surface area contributed by atoms with Crippen LogP contribution in [0.1, 0.15) is 31.7 Å². The smallest absolute Gasteiger partial charge is 0.430 e. The van der Waals surface area contributed by atoms with Crippen LogP contribution in [-0.2, 0) is 4.74 Å². The van der Waals surface area contributed by atoms with Crippen molar-refractivity contribution in [2.45, 2.75) is 32.2 Å². The molecule has 0 radical (unpaired) electrons. The summed E-state index contributed by atoms with van der Waals surface area (Å²) in [5.74, 6) is -0.216. The predicted molar refractivity (Wildman–Crippen MR) is 80.6 cm³/mol. The number of benzene rings is 1. The number of hydrazone groups is 1. The minimum atomic E-state index is -0.445. The molecule has 1 aliphatic carbocycles. The lowest BCUT2D eigenvalue weighted by Crippen LogP contribution is -2.34. The maximum atomic E-state index is 14.1. The van der Waals surface area contributed by atoms with Crippen molar-refractivity contribution in [3.8, 4) is 0 Å². The van der Waals surface area contributed by atoms with Gasteiger partial charge in [0.25, 0.3) is 0 Å². The Morgan fingerprint density at radius 3 is 3.10 bits per heavy atom. The number of carbonyl (C=O) groups is 1. The molecular formula is C15H16BrFN2O2. The van der Waals surface area contributed by atoms with E-state index in [0.29, 0.717) is 17.9 Å². The van der Waals surface area contributed by atoms with Crippen LogP contribution in [0.15, 0.2) is 27.8 Å². The molecule has 1 aliphatic heterocycles. The molecule has 1 amide bonds. The zero-order valence-corrected chi connectivity index (χ0v) is 13.3. The monoisotopic (exact) mass is 354 g/mol. The fourth-order valence-electron chi connectivity index (χ4n) is 3.13. The van der Waals surface area contributed by atoms with Gasteiger partial charge >= 0.3 is 6.09 Å². The number of rotatable bonds is 2. The Hall–Kier alpha value is -1.43. The number of nitrogens with zero attached hydrogens (tertiary/aromatic N) is 2. The molecule has 1 aromatic carbocycles. The van der Waals surface area contributed by atoms with E-state index >= 15 is 0 Å². The van der Waals surface area contributed by atoms with Gasteiger partial charge in [-0.25, -0.2) is 9.18 Å². The Balaban J connectivity index is 1.98. The molecule has 1 heterocycles. The summed E-state index contributed by atoms with van der Waals surface area (Å²) in [4.78, 5) is 12.0. The first-order valence-corrected chi connectivity index (χ1v) is 7.91. The number of halogens is 2. The normalized spacial score (nSPS) is 24.0. The molecule has 1 aromatic rings. The van der Waals surface area contributed by atoms with E-state index < -0.39 is 6.09 Å². The zero-order valence-electron chi connectivity index (χ0n) is 11.7. The first-order valence-electron chi connectivity index (χ1n) is 7.11. The Morgan fingerprint density at radius 2 is 2.33 bits per heavy atom. The third-order valence-electron chi connectivity index (χ3n) is 4.02. The van der Waals surface area contributed by atoms with E-state index in [-0.39, 0.29) is 17.8 Å². The van der Waals surface area contributed by atoms with Gasteiger partial charge < -0.3 is 4.74 Å². The van der Waals surface area contributed by atoms with Gasteiger partial charge in [-0.05, 0) is 38.0 Å². The average molecular weight is 355 g/mol. The summed E-state index contributed by atoms with van der Waals surface area (Å²) in [5, 5.41) is 5.78. The molecule has 1 saturated carbocycles. The van der Waals surface area contributed by atoms with Crippen LogP contribution >= 0.6 is 15.9 Å². The van der Waals surface area contributed by atoms with Gasteiger partial charge in [0.05, 0.1) is 18.4 Å². The highest BCUT2D eigenvalue weighted by Crippen LogP contribution is 2.39. The zero-order chi connectivity index (χ0) is 15.0. The molecule has 2 unspecified atom stereocenters. The van der Waals surface area contributed by atoms with E-state index in [1.165, 1.54) is 11.1 Å². The Labute approximate surface area is 131 Å². The van der Waals surface area contributed by atoms with Crippen molar-refractivity contribution in [2.24, 2.45) is 11.0 Å². The summed E-state index contributed by atoms with van der Waals surface area (Å²) in [7, 11) is 0. The molecule has 4 nitrogen and oxygen atoms in total. The molecule has 0 saturated heterocycles. The molecule has 0 spiro atoms. The minimum Gasteiger partial charge on any atom is -0.448 e. The van der Waals surface area contributed by atoms with Crippen molar-refractivity contribution in [2.75, 3.05) is 6.61 Å². The van der Waals surface area contributed by atoms with Crippen molar-refractivity contribution in [3.05, 3.63) is 34.1 Å². The van der Waals surface area contributed by atoms with Crippen LogP contribution in [-0.4, -0.2) is 29.5 Å². The van der Waals surface area contributed by atoms with Gasteiger partial charge in [-0.15, -0.1) is 0 Å². The highest BCUT2D eigenvalue weighted by atomic mass is 79.9. The number of amides is 1.